The Hall–Kier alpha value is -1.49. The highest BCUT2D eigenvalue weighted by atomic mass is 79.9. The van der Waals surface area contributed by atoms with E-state index in [1.807, 2.05) is 32.0 Å². The lowest BCUT2D eigenvalue weighted by molar-refractivity contribution is 0.478. The van der Waals surface area contributed by atoms with Crippen LogP contribution in [0.15, 0.2) is 27.1 Å². The maximum absolute atomic E-state index is 5.85. The third kappa shape index (κ3) is 2.79. The van der Waals surface area contributed by atoms with Gasteiger partial charge >= 0.3 is 0 Å². The molecule has 2 rings (SSSR count). The molecule has 1 aromatic carbocycles. The zero-order valence-electron chi connectivity index (χ0n) is 9.75. The fourth-order valence-corrected chi connectivity index (χ4v) is 1.83. The summed E-state index contributed by atoms with van der Waals surface area (Å²) in [6.07, 6.45) is 0. The van der Waals surface area contributed by atoms with Crippen LogP contribution in [0.1, 0.15) is 17.3 Å². The summed E-state index contributed by atoms with van der Waals surface area (Å²) in [5.41, 5.74) is 8.35. The van der Waals surface area contributed by atoms with E-state index in [0.717, 1.165) is 21.6 Å². The SMILES string of the molecule is Cc1nc(CNc2cc(Br)ccc2N)oc1C. The molecule has 0 atom stereocenters. The number of nitrogens with two attached hydrogens (primary N) is 1. The van der Waals surface area contributed by atoms with Crippen LogP contribution < -0.4 is 11.1 Å². The highest BCUT2D eigenvalue weighted by molar-refractivity contribution is 9.10. The van der Waals surface area contributed by atoms with E-state index in [0.29, 0.717) is 18.1 Å². The summed E-state index contributed by atoms with van der Waals surface area (Å²) < 4.78 is 6.46. The Balaban J connectivity index is 2.09. The number of oxazole rings is 1. The summed E-state index contributed by atoms with van der Waals surface area (Å²) >= 11 is 3.40. The zero-order chi connectivity index (χ0) is 12.4. The largest absolute Gasteiger partial charge is 0.444 e. The van der Waals surface area contributed by atoms with Gasteiger partial charge < -0.3 is 15.5 Å². The minimum atomic E-state index is 0.523. The van der Waals surface area contributed by atoms with Crippen molar-refractivity contribution in [1.82, 2.24) is 4.98 Å². The van der Waals surface area contributed by atoms with Crippen LogP contribution in [0.4, 0.5) is 11.4 Å². The Kier molecular flexibility index (Phi) is 3.38. The van der Waals surface area contributed by atoms with Gasteiger partial charge in [0, 0.05) is 4.47 Å². The zero-order valence-corrected chi connectivity index (χ0v) is 11.3. The van der Waals surface area contributed by atoms with Crippen molar-refractivity contribution in [3.63, 3.8) is 0 Å². The number of hydrogen-bond donors (Lipinski definition) is 2. The number of hydrogen-bond acceptors (Lipinski definition) is 4. The second kappa shape index (κ2) is 4.79. The molecule has 0 fully saturated rings. The monoisotopic (exact) mass is 295 g/mol. The molecule has 4 nitrogen and oxygen atoms in total. The quantitative estimate of drug-likeness (QED) is 0.853. The van der Waals surface area contributed by atoms with Crippen molar-refractivity contribution < 1.29 is 4.42 Å². The van der Waals surface area contributed by atoms with E-state index in [1.54, 1.807) is 0 Å². The molecule has 0 aliphatic rings. The minimum absolute atomic E-state index is 0.523. The molecule has 90 valence electrons. The van der Waals surface area contributed by atoms with Gasteiger partial charge in [-0.1, -0.05) is 15.9 Å². The molecule has 3 N–H and O–H groups in total. The molecule has 2 aromatic rings. The highest BCUT2D eigenvalue weighted by Crippen LogP contribution is 2.23. The van der Waals surface area contributed by atoms with Crippen LogP contribution in [0.2, 0.25) is 0 Å². The predicted molar refractivity (Wildman–Crippen MR) is 71.9 cm³/mol. The third-order valence-electron chi connectivity index (χ3n) is 2.52. The van der Waals surface area contributed by atoms with Crippen molar-refractivity contribution in [1.29, 1.82) is 0 Å². The Bertz CT molecular complexity index is 517. The first-order chi connectivity index (χ1) is 8.06. The van der Waals surface area contributed by atoms with Crippen molar-refractivity contribution in [3.8, 4) is 0 Å². The van der Waals surface area contributed by atoms with Crippen molar-refractivity contribution in [2.24, 2.45) is 0 Å². The lowest BCUT2D eigenvalue weighted by atomic mass is 10.3. The number of rotatable bonds is 3. The lowest BCUT2D eigenvalue weighted by Crippen LogP contribution is -2.02. The van der Waals surface area contributed by atoms with E-state index in [-0.39, 0.29) is 0 Å². The first-order valence-electron chi connectivity index (χ1n) is 5.28. The first-order valence-corrected chi connectivity index (χ1v) is 6.07. The fourth-order valence-electron chi connectivity index (χ4n) is 1.47. The summed E-state index contributed by atoms with van der Waals surface area (Å²) in [6, 6.07) is 5.68. The number of nitrogen functional groups attached to an aromatic ring is 1. The Labute approximate surface area is 108 Å². The molecule has 1 aromatic heterocycles. The predicted octanol–water partition coefficient (Wildman–Crippen LogP) is 3.25. The van der Waals surface area contributed by atoms with Crippen LogP contribution in [0.5, 0.6) is 0 Å². The van der Waals surface area contributed by atoms with Gasteiger partial charge in [-0.25, -0.2) is 4.98 Å². The fraction of sp³-hybridized carbons (Fsp3) is 0.250. The number of anilines is 2. The molecular formula is C12H14BrN3O. The molecule has 0 unspecified atom stereocenters. The Morgan fingerprint density at radius 2 is 2.18 bits per heavy atom. The van der Waals surface area contributed by atoms with Crippen LogP contribution in [0.3, 0.4) is 0 Å². The van der Waals surface area contributed by atoms with Gasteiger partial charge in [-0.2, -0.15) is 0 Å². The van der Waals surface area contributed by atoms with Crippen molar-refractivity contribution in [2.75, 3.05) is 11.1 Å². The van der Waals surface area contributed by atoms with Crippen LogP contribution >= 0.6 is 15.9 Å². The Morgan fingerprint density at radius 1 is 1.41 bits per heavy atom. The van der Waals surface area contributed by atoms with E-state index in [1.165, 1.54) is 0 Å². The summed E-state index contributed by atoms with van der Waals surface area (Å²) in [7, 11) is 0. The van der Waals surface area contributed by atoms with Crippen molar-refractivity contribution in [3.05, 3.63) is 40.0 Å². The molecule has 0 saturated carbocycles. The van der Waals surface area contributed by atoms with Gasteiger partial charge in [0.2, 0.25) is 5.89 Å². The van der Waals surface area contributed by atoms with Gasteiger partial charge in [-0.15, -0.1) is 0 Å². The molecule has 5 heteroatoms. The van der Waals surface area contributed by atoms with Gasteiger partial charge in [0.15, 0.2) is 0 Å². The van der Waals surface area contributed by atoms with E-state index in [4.69, 9.17) is 10.2 Å². The number of aryl methyl sites for hydroxylation is 2. The molecular weight excluding hydrogens is 282 g/mol. The topological polar surface area (TPSA) is 64.1 Å². The van der Waals surface area contributed by atoms with Crippen LogP contribution in [0, 0.1) is 13.8 Å². The summed E-state index contributed by atoms with van der Waals surface area (Å²) in [5, 5.41) is 3.20. The van der Waals surface area contributed by atoms with Gasteiger partial charge in [0.25, 0.3) is 0 Å². The smallest absolute Gasteiger partial charge is 0.213 e. The highest BCUT2D eigenvalue weighted by Gasteiger charge is 2.06. The number of aromatic nitrogens is 1. The average molecular weight is 296 g/mol. The molecule has 0 saturated heterocycles. The van der Waals surface area contributed by atoms with E-state index in [2.05, 4.69) is 26.2 Å². The molecule has 0 aliphatic carbocycles. The van der Waals surface area contributed by atoms with E-state index >= 15 is 0 Å². The van der Waals surface area contributed by atoms with Crippen molar-refractivity contribution in [2.45, 2.75) is 20.4 Å². The van der Waals surface area contributed by atoms with Crippen LogP contribution in [-0.2, 0) is 6.54 Å². The average Bonchev–Trinajstić information content (AvgIpc) is 2.60. The van der Waals surface area contributed by atoms with E-state index < -0.39 is 0 Å². The molecule has 0 aliphatic heterocycles. The second-order valence-electron chi connectivity index (χ2n) is 3.83. The third-order valence-corrected chi connectivity index (χ3v) is 3.01. The first kappa shape index (κ1) is 12.0. The van der Waals surface area contributed by atoms with Crippen LogP contribution in [-0.4, -0.2) is 4.98 Å². The number of benzene rings is 1. The summed E-state index contributed by atoms with van der Waals surface area (Å²) in [5.74, 6) is 1.52. The number of halogens is 1. The minimum Gasteiger partial charge on any atom is -0.444 e. The van der Waals surface area contributed by atoms with Gasteiger partial charge in [0.1, 0.15) is 5.76 Å². The summed E-state index contributed by atoms with van der Waals surface area (Å²) in [4.78, 5) is 4.30. The molecule has 0 amide bonds. The maximum atomic E-state index is 5.85. The van der Waals surface area contributed by atoms with Gasteiger partial charge in [-0.05, 0) is 32.0 Å². The molecule has 1 heterocycles. The van der Waals surface area contributed by atoms with Crippen LogP contribution in [0.25, 0.3) is 0 Å². The molecule has 0 spiro atoms. The maximum Gasteiger partial charge on any atom is 0.213 e. The number of nitrogens with one attached hydrogen (secondary N) is 1. The van der Waals surface area contributed by atoms with E-state index in [9.17, 15) is 0 Å². The molecule has 0 radical (unpaired) electrons. The second-order valence-corrected chi connectivity index (χ2v) is 4.75. The standard InChI is InChI=1S/C12H14BrN3O/c1-7-8(2)17-12(16-7)6-15-11-5-9(13)3-4-10(11)14/h3-5,15H,6,14H2,1-2H3. The Morgan fingerprint density at radius 3 is 2.82 bits per heavy atom. The summed E-state index contributed by atoms with van der Waals surface area (Å²) in [6.45, 7) is 4.35. The molecule has 17 heavy (non-hydrogen) atoms. The molecule has 0 bridgehead atoms. The van der Waals surface area contributed by atoms with Gasteiger partial charge in [0.05, 0.1) is 23.6 Å². The lowest BCUT2D eigenvalue weighted by Gasteiger charge is -2.07. The van der Waals surface area contributed by atoms with Crippen molar-refractivity contribution >= 4 is 27.3 Å². The normalized spacial score (nSPS) is 10.5. The number of nitrogens with zero attached hydrogens (tertiary/aromatic N) is 1. The van der Waals surface area contributed by atoms with Gasteiger partial charge in [-0.3, -0.25) is 0 Å².